The SMILES string of the molecule is Cc1c(C(=O)Nc2ccccc2)sc2nc(Cc3ccc(Cl)cc3)[nH]c(=O)c12. The first-order valence-corrected chi connectivity index (χ1v) is 9.84. The molecule has 0 radical (unpaired) electrons. The van der Waals surface area contributed by atoms with Crippen molar-refractivity contribution in [1.82, 2.24) is 9.97 Å². The van der Waals surface area contributed by atoms with Crippen molar-refractivity contribution < 1.29 is 4.79 Å². The van der Waals surface area contributed by atoms with E-state index in [1.165, 1.54) is 11.3 Å². The Morgan fingerprint density at radius 3 is 2.57 bits per heavy atom. The molecule has 0 atom stereocenters. The zero-order valence-electron chi connectivity index (χ0n) is 15.0. The number of carbonyl (C=O) groups is 1. The number of hydrogen-bond acceptors (Lipinski definition) is 4. The number of thiophene rings is 1. The number of hydrogen-bond donors (Lipinski definition) is 2. The van der Waals surface area contributed by atoms with E-state index < -0.39 is 0 Å². The van der Waals surface area contributed by atoms with Crippen molar-refractivity contribution in [3.05, 3.63) is 91.8 Å². The predicted molar refractivity (Wildman–Crippen MR) is 114 cm³/mol. The third-order valence-corrected chi connectivity index (χ3v) is 5.81. The number of H-pyrrole nitrogens is 1. The summed E-state index contributed by atoms with van der Waals surface area (Å²) in [5.74, 6) is 0.307. The van der Waals surface area contributed by atoms with E-state index in [-0.39, 0.29) is 11.5 Å². The number of nitrogens with one attached hydrogen (secondary N) is 2. The monoisotopic (exact) mass is 409 g/mol. The summed E-state index contributed by atoms with van der Waals surface area (Å²) >= 11 is 7.14. The van der Waals surface area contributed by atoms with Crippen molar-refractivity contribution >= 4 is 44.7 Å². The van der Waals surface area contributed by atoms with Crippen LogP contribution >= 0.6 is 22.9 Å². The minimum atomic E-state index is -0.245. The minimum absolute atomic E-state index is 0.235. The highest BCUT2D eigenvalue weighted by Crippen LogP contribution is 2.28. The second-order valence-electron chi connectivity index (χ2n) is 6.37. The highest BCUT2D eigenvalue weighted by molar-refractivity contribution is 7.20. The van der Waals surface area contributed by atoms with Crippen LogP contribution in [0.4, 0.5) is 5.69 Å². The Bertz CT molecular complexity index is 1210. The molecule has 0 fully saturated rings. The average Bonchev–Trinajstić information content (AvgIpc) is 3.01. The molecule has 140 valence electrons. The Morgan fingerprint density at radius 2 is 1.86 bits per heavy atom. The number of para-hydroxylation sites is 1. The molecule has 1 amide bonds. The fourth-order valence-electron chi connectivity index (χ4n) is 2.99. The van der Waals surface area contributed by atoms with Gasteiger partial charge < -0.3 is 10.3 Å². The van der Waals surface area contributed by atoms with E-state index >= 15 is 0 Å². The third-order valence-electron chi connectivity index (χ3n) is 4.37. The van der Waals surface area contributed by atoms with Crippen LogP contribution in [0.3, 0.4) is 0 Å². The van der Waals surface area contributed by atoms with Crippen LogP contribution in [0.1, 0.15) is 26.6 Å². The summed E-state index contributed by atoms with van der Waals surface area (Å²) in [6.45, 7) is 1.77. The largest absolute Gasteiger partial charge is 0.321 e. The molecule has 4 rings (SSSR count). The highest BCUT2D eigenvalue weighted by Gasteiger charge is 2.19. The number of amides is 1. The van der Waals surface area contributed by atoms with Crippen molar-refractivity contribution in [3.8, 4) is 0 Å². The molecule has 4 aromatic rings. The summed E-state index contributed by atoms with van der Waals surface area (Å²) in [6, 6.07) is 16.6. The first-order valence-electron chi connectivity index (χ1n) is 8.64. The van der Waals surface area contributed by atoms with Crippen molar-refractivity contribution in [2.45, 2.75) is 13.3 Å². The zero-order chi connectivity index (χ0) is 19.7. The van der Waals surface area contributed by atoms with E-state index in [4.69, 9.17) is 11.6 Å². The van der Waals surface area contributed by atoms with E-state index in [9.17, 15) is 9.59 Å². The Hall–Kier alpha value is -2.96. The van der Waals surface area contributed by atoms with Crippen LogP contribution in [-0.4, -0.2) is 15.9 Å². The van der Waals surface area contributed by atoms with Crippen LogP contribution in [0.2, 0.25) is 5.02 Å². The van der Waals surface area contributed by atoms with Crippen LogP contribution in [-0.2, 0) is 6.42 Å². The van der Waals surface area contributed by atoms with Crippen molar-refractivity contribution in [1.29, 1.82) is 0 Å². The van der Waals surface area contributed by atoms with Crippen LogP contribution in [0.15, 0.2) is 59.4 Å². The number of halogens is 1. The van der Waals surface area contributed by atoms with E-state index in [0.717, 1.165) is 5.56 Å². The summed E-state index contributed by atoms with van der Waals surface area (Å²) in [5, 5.41) is 3.98. The lowest BCUT2D eigenvalue weighted by atomic mass is 10.1. The molecule has 7 heteroatoms. The molecule has 5 nitrogen and oxygen atoms in total. The number of aromatic amines is 1. The summed E-state index contributed by atoms with van der Waals surface area (Å²) < 4.78 is 0. The van der Waals surface area contributed by atoms with Gasteiger partial charge in [0, 0.05) is 17.1 Å². The van der Waals surface area contributed by atoms with Gasteiger partial charge in [0.15, 0.2) is 0 Å². The van der Waals surface area contributed by atoms with Crippen molar-refractivity contribution in [2.75, 3.05) is 5.32 Å². The average molecular weight is 410 g/mol. The maximum Gasteiger partial charge on any atom is 0.266 e. The van der Waals surface area contributed by atoms with Gasteiger partial charge in [-0.1, -0.05) is 41.9 Å². The molecule has 0 aliphatic rings. The highest BCUT2D eigenvalue weighted by atomic mass is 35.5. The Morgan fingerprint density at radius 1 is 1.14 bits per heavy atom. The summed E-state index contributed by atoms with van der Waals surface area (Å²) in [7, 11) is 0. The molecular weight excluding hydrogens is 394 g/mol. The van der Waals surface area contributed by atoms with E-state index in [2.05, 4.69) is 15.3 Å². The molecule has 2 heterocycles. The predicted octanol–water partition coefficient (Wildman–Crippen LogP) is 4.79. The smallest absolute Gasteiger partial charge is 0.266 e. The molecule has 2 N–H and O–H groups in total. The van der Waals surface area contributed by atoms with Gasteiger partial charge in [0.2, 0.25) is 0 Å². The molecule has 0 aliphatic heterocycles. The Kier molecular flexibility index (Phi) is 4.98. The fourth-order valence-corrected chi connectivity index (χ4v) is 4.22. The van der Waals surface area contributed by atoms with Gasteiger partial charge >= 0.3 is 0 Å². The van der Waals surface area contributed by atoms with Gasteiger partial charge in [0.25, 0.3) is 11.5 Å². The van der Waals surface area contributed by atoms with Gasteiger partial charge in [-0.05, 0) is 42.3 Å². The maximum atomic E-state index is 12.7. The topological polar surface area (TPSA) is 74.8 Å². The molecule has 2 aromatic carbocycles. The molecule has 0 aliphatic carbocycles. The third kappa shape index (κ3) is 3.69. The summed E-state index contributed by atoms with van der Waals surface area (Å²) in [5.41, 5.74) is 2.10. The first kappa shape index (κ1) is 18.4. The second kappa shape index (κ2) is 7.58. The molecular formula is C21H16ClN3O2S. The molecule has 2 aromatic heterocycles. The summed E-state index contributed by atoms with van der Waals surface area (Å²) in [6.07, 6.45) is 0.477. The molecule has 0 bridgehead atoms. The quantitative estimate of drug-likeness (QED) is 0.509. The van der Waals surface area contributed by atoms with Gasteiger partial charge in [-0.15, -0.1) is 11.3 Å². The standard InChI is InChI=1S/C21H16ClN3O2S/c1-12-17-19(26)24-16(11-13-7-9-14(22)10-8-13)25-21(17)28-18(12)20(27)23-15-5-3-2-4-6-15/h2-10H,11H2,1H3,(H,23,27)(H,24,25,26). The number of fused-ring (bicyclic) bond motifs is 1. The number of aryl methyl sites for hydroxylation is 1. The molecule has 0 unspecified atom stereocenters. The van der Waals surface area contributed by atoms with Gasteiger partial charge in [-0.3, -0.25) is 9.59 Å². The normalized spacial score (nSPS) is 10.9. The number of rotatable bonds is 4. The Labute approximate surface area is 170 Å². The number of benzene rings is 2. The molecule has 0 saturated heterocycles. The second-order valence-corrected chi connectivity index (χ2v) is 7.81. The maximum absolute atomic E-state index is 12.7. The lowest BCUT2D eigenvalue weighted by Crippen LogP contribution is -2.13. The molecule has 0 saturated carbocycles. The van der Waals surface area contributed by atoms with Crippen LogP contribution in [0, 0.1) is 6.92 Å². The van der Waals surface area contributed by atoms with E-state index in [1.54, 1.807) is 19.1 Å². The van der Waals surface area contributed by atoms with Crippen molar-refractivity contribution in [3.63, 3.8) is 0 Å². The van der Waals surface area contributed by atoms with Crippen molar-refractivity contribution in [2.24, 2.45) is 0 Å². The van der Waals surface area contributed by atoms with Crippen LogP contribution < -0.4 is 10.9 Å². The van der Waals surface area contributed by atoms with Gasteiger partial charge in [-0.25, -0.2) is 4.98 Å². The van der Waals surface area contributed by atoms with Gasteiger partial charge in [0.05, 0.1) is 10.3 Å². The number of nitrogens with zero attached hydrogens (tertiary/aromatic N) is 1. The minimum Gasteiger partial charge on any atom is -0.321 e. The van der Waals surface area contributed by atoms with Gasteiger partial charge in [-0.2, -0.15) is 0 Å². The Balaban J connectivity index is 1.68. The molecule has 28 heavy (non-hydrogen) atoms. The van der Waals surface area contributed by atoms with Crippen LogP contribution in [0.25, 0.3) is 10.2 Å². The number of anilines is 1. The number of aromatic nitrogens is 2. The van der Waals surface area contributed by atoms with E-state index in [1.807, 2.05) is 42.5 Å². The lowest BCUT2D eigenvalue weighted by molar-refractivity contribution is 0.103. The first-order chi connectivity index (χ1) is 13.5. The number of carbonyl (C=O) groups excluding carboxylic acids is 1. The van der Waals surface area contributed by atoms with Gasteiger partial charge in [0.1, 0.15) is 10.7 Å². The summed E-state index contributed by atoms with van der Waals surface area (Å²) in [4.78, 5) is 33.7. The lowest BCUT2D eigenvalue weighted by Gasteiger charge is -2.03. The van der Waals surface area contributed by atoms with E-state index in [0.29, 0.717) is 43.6 Å². The van der Waals surface area contributed by atoms with Crippen LogP contribution in [0.5, 0.6) is 0 Å². The zero-order valence-corrected chi connectivity index (χ0v) is 16.5. The fraction of sp³-hybridized carbons (Fsp3) is 0.0952. The molecule has 0 spiro atoms.